The number of sulfonamides is 1. The topological polar surface area (TPSA) is 76.7 Å². The summed E-state index contributed by atoms with van der Waals surface area (Å²) in [5, 5.41) is 3.04. The number of fused-ring (bicyclic) bond motifs is 1. The van der Waals surface area contributed by atoms with Crippen molar-refractivity contribution in [2.75, 3.05) is 26.4 Å². The second-order valence-electron chi connectivity index (χ2n) is 3.77. The number of hydrogen-bond acceptors (Lipinski definition) is 5. The molecule has 2 rings (SSSR count). The van der Waals surface area contributed by atoms with Crippen molar-refractivity contribution < 1.29 is 17.9 Å². The molecule has 0 amide bonds. The number of halogens is 1. The minimum absolute atomic E-state index is 0. The van der Waals surface area contributed by atoms with Crippen LogP contribution in [0.15, 0.2) is 23.1 Å². The van der Waals surface area contributed by atoms with Crippen LogP contribution in [0.1, 0.15) is 6.92 Å². The lowest BCUT2D eigenvalue weighted by Gasteiger charge is -2.07. The number of hydrogen-bond donors (Lipinski definition) is 2. The standard InChI is InChI=1S/C11H16N2O4S.ClH/c1-2-12-5-6-13-18(14,15)9-3-4-10-11(7-9)17-8-16-10;/h3-4,7,12-13H,2,5-6,8H2,1H3;1H. The first-order valence-corrected chi connectivity index (χ1v) is 7.22. The van der Waals surface area contributed by atoms with Crippen LogP contribution >= 0.6 is 12.4 Å². The molecule has 0 saturated carbocycles. The largest absolute Gasteiger partial charge is 0.454 e. The number of likely N-dealkylation sites (N-methyl/N-ethyl adjacent to an activating group) is 1. The summed E-state index contributed by atoms with van der Waals surface area (Å²) in [5.41, 5.74) is 0. The van der Waals surface area contributed by atoms with Crippen LogP contribution in [-0.4, -0.2) is 34.8 Å². The fourth-order valence-corrected chi connectivity index (χ4v) is 2.62. The third-order valence-electron chi connectivity index (χ3n) is 2.50. The first-order valence-electron chi connectivity index (χ1n) is 5.73. The van der Waals surface area contributed by atoms with Crippen LogP contribution in [0.3, 0.4) is 0 Å². The molecule has 6 nitrogen and oxygen atoms in total. The Morgan fingerprint density at radius 3 is 2.68 bits per heavy atom. The molecule has 0 atom stereocenters. The number of nitrogens with one attached hydrogen (secondary N) is 2. The first kappa shape index (κ1) is 16.0. The highest BCUT2D eigenvalue weighted by Gasteiger charge is 2.19. The second-order valence-corrected chi connectivity index (χ2v) is 5.53. The van der Waals surface area contributed by atoms with Crippen molar-refractivity contribution in [1.82, 2.24) is 10.0 Å². The van der Waals surface area contributed by atoms with E-state index in [1.165, 1.54) is 12.1 Å². The average molecular weight is 309 g/mol. The zero-order valence-corrected chi connectivity index (χ0v) is 12.1. The highest BCUT2D eigenvalue weighted by Crippen LogP contribution is 2.33. The van der Waals surface area contributed by atoms with Crippen LogP contribution in [0.2, 0.25) is 0 Å². The summed E-state index contributed by atoms with van der Waals surface area (Å²) in [6.07, 6.45) is 0. The fraction of sp³-hybridized carbons (Fsp3) is 0.455. The summed E-state index contributed by atoms with van der Waals surface area (Å²) in [7, 11) is -3.49. The molecule has 8 heteroatoms. The Labute approximate surface area is 118 Å². The Morgan fingerprint density at radius 1 is 1.21 bits per heavy atom. The maximum Gasteiger partial charge on any atom is 0.240 e. The van der Waals surface area contributed by atoms with E-state index in [0.29, 0.717) is 24.6 Å². The van der Waals surface area contributed by atoms with Crippen molar-refractivity contribution in [3.63, 3.8) is 0 Å². The van der Waals surface area contributed by atoms with Gasteiger partial charge in [0.05, 0.1) is 4.90 Å². The summed E-state index contributed by atoms with van der Waals surface area (Å²) in [4.78, 5) is 0.184. The molecule has 0 bridgehead atoms. The normalized spacial score (nSPS) is 13.1. The van der Waals surface area contributed by atoms with E-state index in [4.69, 9.17) is 9.47 Å². The van der Waals surface area contributed by atoms with Gasteiger partial charge in [-0.05, 0) is 18.7 Å². The van der Waals surface area contributed by atoms with Gasteiger partial charge < -0.3 is 14.8 Å². The molecule has 0 radical (unpaired) electrons. The predicted octanol–water partition coefficient (Wildman–Crippen LogP) is 0.725. The van der Waals surface area contributed by atoms with Gasteiger partial charge >= 0.3 is 0 Å². The Kier molecular flexibility index (Phi) is 5.86. The summed E-state index contributed by atoms with van der Waals surface area (Å²) >= 11 is 0. The van der Waals surface area contributed by atoms with Crippen LogP contribution in [0.5, 0.6) is 11.5 Å². The van der Waals surface area contributed by atoms with E-state index in [9.17, 15) is 8.42 Å². The first-order chi connectivity index (χ1) is 8.63. The predicted molar refractivity (Wildman–Crippen MR) is 73.5 cm³/mol. The summed E-state index contributed by atoms with van der Waals surface area (Å²) in [6, 6.07) is 4.57. The van der Waals surface area contributed by atoms with Crippen molar-refractivity contribution in [2.24, 2.45) is 0 Å². The highest BCUT2D eigenvalue weighted by atomic mass is 35.5. The van der Waals surface area contributed by atoms with E-state index < -0.39 is 10.0 Å². The molecular formula is C11H17ClN2O4S. The Hall–Kier alpha value is -1.02. The van der Waals surface area contributed by atoms with Gasteiger partial charge in [-0.15, -0.1) is 12.4 Å². The molecule has 19 heavy (non-hydrogen) atoms. The zero-order valence-electron chi connectivity index (χ0n) is 10.5. The number of ether oxygens (including phenoxy) is 2. The minimum Gasteiger partial charge on any atom is -0.454 e. The van der Waals surface area contributed by atoms with Crippen molar-refractivity contribution in [3.05, 3.63) is 18.2 Å². The molecule has 0 aromatic heterocycles. The molecule has 1 aliphatic rings. The summed E-state index contributed by atoms with van der Waals surface area (Å²) < 4.78 is 36.7. The van der Waals surface area contributed by atoms with E-state index in [0.717, 1.165) is 6.54 Å². The smallest absolute Gasteiger partial charge is 0.240 e. The molecule has 0 saturated heterocycles. The van der Waals surface area contributed by atoms with Crippen LogP contribution in [0.25, 0.3) is 0 Å². The summed E-state index contributed by atoms with van der Waals surface area (Å²) in [6.45, 7) is 3.86. The lowest BCUT2D eigenvalue weighted by atomic mass is 10.3. The van der Waals surface area contributed by atoms with Gasteiger partial charge in [-0.2, -0.15) is 0 Å². The van der Waals surface area contributed by atoms with Gasteiger partial charge in [-0.1, -0.05) is 6.92 Å². The molecule has 0 aliphatic carbocycles. The van der Waals surface area contributed by atoms with Crippen LogP contribution in [0.4, 0.5) is 0 Å². The van der Waals surface area contributed by atoms with Crippen LogP contribution in [-0.2, 0) is 10.0 Å². The third-order valence-corrected chi connectivity index (χ3v) is 3.96. The van der Waals surface area contributed by atoms with Crippen molar-refractivity contribution in [2.45, 2.75) is 11.8 Å². The molecule has 1 aromatic carbocycles. The molecule has 1 aromatic rings. The van der Waals surface area contributed by atoms with Crippen LogP contribution < -0.4 is 19.5 Å². The third kappa shape index (κ3) is 3.97. The maximum absolute atomic E-state index is 12.0. The monoisotopic (exact) mass is 308 g/mol. The van der Waals surface area contributed by atoms with E-state index in [1.807, 2.05) is 6.92 Å². The molecule has 2 N–H and O–H groups in total. The quantitative estimate of drug-likeness (QED) is 0.758. The average Bonchev–Trinajstić information content (AvgIpc) is 2.82. The molecule has 1 heterocycles. The lowest BCUT2D eigenvalue weighted by Crippen LogP contribution is -2.31. The minimum atomic E-state index is -3.49. The second kappa shape index (κ2) is 6.95. The van der Waals surface area contributed by atoms with Crippen molar-refractivity contribution >= 4 is 22.4 Å². The highest BCUT2D eigenvalue weighted by molar-refractivity contribution is 7.89. The van der Waals surface area contributed by atoms with Gasteiger partial charge in [-0.3, -0.25) is 0 Å². The van der Waals surface area contributed by atoms with Gasteiger partial charge in [0.2, 0.25) is 16.8 Å². The van der Waals surface area contributed by atoms with Gasteiger partial charge in [0.1, 0.15) is 0 Å². The Balaban J connectivity index is 0.00000180. The van der Waals surface area contributed by atoms with E-state index in [1.54, 1.807) is 6.07 Å². The van der Waals surface area contributed by atoms with E-state index in [2.05, 4.69) is 10.0 Å². The maximum atomic E-state index is 12.0. The van der Waals surface area contributed by atoms with E-state index >= 15 is 0 Å². The zero-order chi connectivity index (χ0) is 13.0. The molecule has 0 unspecified atom stereocenters. The Bertz CT molecular complexity index is 521. The van der Waals surface area contributed by atoms with Gasteiger partial charge in [0.15, 0.2) is 11.5 Å². The molecule has 0 spiro atoms. The van der Waals surface area contributed by atoms with Crippen molar-refractivity contribution in [1.29, 1.82) is 0 Å². The molecule has 0 fully saturated rings. The van der Waals surface area contributed by atoms with Gasteiger partial charge in [-0.25, -0.2) is 13.1 Å². The van der Waals surface area contributed by atoms with Gasteiger partial charge in [0, 0.05) is 19.2 Å². The molecule has 1 aliphatic heterocycles. The lowest BCUT2D eigenvalue weighted by molar-refractivity contribution is 0.174. The summed E-state index contributed by atoms with van der Waals surface area (Å²) in [5.74, 6) is 1.03. The van der Waals surface area contributed by atoms with E-state index in [-0.39, 0.29) is 24.1 Å². The molecule has 108 valence electrons. The van der Waals surface area contributed by atoms with Crippen LogP contribution in [0, 0.1) is 0 Å². The van der Waals surface area contributed by atoms with Gasteiger partial charge in [0.25, 0.3) is 0 Å². The fourth-order valence-electron chi connectivity index (χ4n) is 1.58. The number of benzene rings is 1. The molecular weight excluding hydrogens is 292 g/mol. The number of rotatable bonds is 6. The van der Waals surface area contributed by atoms with Crippen molar-refractivity contribution in [3.8, 4) is 11.5 Å². The Morgan fingerprint density at radius 2 is 1.95 bits per heavy atom. The SMILES string of the molecule is CCNCCNS(=O)(=O)c1ccc2c(c1)OCO2.Cl.